The molecule has 3 heteroatoms. The third kappa shape index (κ3) is 7.55. The second kappa shape index (κ2) is 10.8. The van der Waals surface area contributed by atoms with E-state index in [9.17, 15) is 0 Å². The average molecular weight is 228 g/mol. The van der Waals surface area contributed by atoms with Crippen molar-refractivity contribution in [3.05, 3.63) is 0 Å². The van der Waals surface area contributed by atoms with Gasteiger partial charge in [0, 0.05) is 5.92 Å². The molecule has 1 atom stereocenters. The summed E-state index contributed by atoms with van der Waals surface area (Å²) >= 11 is 0. The molecule has 0 fully saturated rings. The van der Waals surface area contributed by atoms with Gasteiger partial charge in [0.2, 0.25) is 0 Å². The van der Waals surface area contributed by atoms with Crippen LogP contribution in [0.4, 0.5) is 0 Å². The predicted octanol–water partition coefficient (Wildman–Crippen LogP) is 3.90. The summed E-state index contributed by atoms with van der Waals surface area (Å²) in [5, 5.41) is 11.9. The first-order chi connectivity index (χ1) is 7.76. The molecular formula is C13H28N2O. The van der Waals surface area contributed by atoms with Gasteiger partial charge in [-0.15, -0.1) is 0 Å². The lowest BCUT2D eigenvalue weighted by Gasteiger charge is -2.14. The lowest BCUT2D eigenvalue weighted by atomic mass is 9.94. The van der Waals surface area contributed by atoms with Gasteiger partial charge >= 0.3 is 0 Å². The molecule has 0 aliphatic rings. The molecule has 0 aliphatic heterocycles. The normalized spacial score (nSPS) is 14.0. The van der Waals surface area contributed by atoms with Gasteiger partial charge in [0.15, 0.2) is 0 Å². The van der Waals surface area contributed by atoms with E-state index in [1.807, 2.05) is 0 Å². The zero-order chi connectivity index (χ0) is 12.2. The molecule has 0 saturated carbocycles. The molecule has 0 aromatic heterocycles. The number of oxime groups is 1. The Hall–Kier alpha value is -0.730. The number of amidine groups is 1. The van der Waals surface area contributed by atoms with E-state index in [0.29, 0.717) is 5.84 Å². The van der Waals surface area contributed by atoms with Gasteiger partial charge in [0.1, 0.15) is 5.84 Å². The van der Waals surface area contributed by atoms with Crippen LogP contribution in [0, 0.1) is 5.92 Å². The highest BCUT2D eigenvalue weighted by Gasteiger charge is 2.12. The van der Waals surface area contributed by atoms with Crippen molar-refractivity contribution in [3.63, 3.8) is 0 Å². The molecule has 0 radical (unpaired) electrons. The van der Waals surface area contributed by atoms with Crippen LogP contribution in [0.1, 0.15) is 71.6 Å². The maximum atomic E-state index is 8.71. The van der Waals surface area contributed by atoms with E-state index in [1.54, 1.807) is 0 Å². The van der Waals surface area contributed by atoms with Gasteiger partial charge in [-0.1, -0.05) is 63.9 Å². The Morgan fingerprint density at radius 2 is 1.56 bits per heavy atom. The molecule has 1 unspecified atom stereocenters. The van der Waals surface area contributed by atoms with Crippen LogP contribution in [0.5, 0.6) is 0 Å². The minimum Gasteiger partial charge on any atom is -0.409 e. The molecule has 0 aliphatic carbocycles. The topological polar surface area (TPSA) is 58.6 Å². The SMILES string of the molecule is CCCCCCCC(CCCC)C(N)=NO. The zero-order valence-electron chi connectivity index (χ0n) is 10.9. The van der Waals surface area contributed by atoms with E-state index in [0.717, 1.165) is 19.3 Å². The van der Waals surface area contributed by atoms with Crippen LogP contribution >= 0.6 is 0 Å². The lowest BCUT2D eigenvalue weighted by Crippen LogP contribution is -2.23. The smallest absolute Gasteiger partial charge is 0.142 e. The summed E-state index contributed by atoms with van der Waals surface area (Å²) in [6.45, 7) is 4.39. The van der Waals surface area contributed by atoms with E-state index < -0.39 is 0 Å². The Balaban J connectivity index is 3.74. The van der Waals surface area contributed by atoms with Crippen LogP contribution in [0.2, 0.25) is 0 Å². The Labute approximate surface area is 100 Å². The molecule has 16 heavy (non-hydrogen) atoms. The fourth-order valence-electron chi connectivity index (χ4n) is 1.97. The third-order valence-corrected chi connectivity index (χ3v) is 3.10. The molecule has 0 aromatic rings. The number of nitrogens with zero attached hydrogens (tertiary/aromatic N) is 1. The highest BCUT2D eigenvalue weighted by atomic mass is 16.4. The highest BCUT2D eigenvalue weighted by Crippen LogP contribution is 2.17. The van der Waals surface area contributed by atoms with Crippen molar-refractivity contribution in [3.8, 4) is 0 Å². The second-order valence-electron chi connectivity index (χ2n) is 4.57. The van der Waals surface area contributed by atoms with Gasteiger partial charge in [-0.2, -0.15) is 0 Å². The van der Waals surface area contributed by atoms with E-state index in [2.05, 4.69) is 19.0 Å². The molecule has 0 saturated heterocycles. The van der Waals surface area contributed by atoms with Gasteiger partial charge in [-0.3, -0.25) is 0 Å². The summed E-state index contributed by atoms with van der Waals surface area (Å²) in [5.41, 5.74) is 5.70. The van der Waals surface area contributed by atoms with E-state index in [-0.39, 0.29) is 5.92 Å². The van der Waals surface area contributed by atoms with Crippen molar-refractivity contribution < 1.29 is 5.21 Å². The molecule has 0 amide bonds. The van der Waals surface area contributed by atoms with E-state index in [1.165, 1.54) is 38.5 Å². The third-order valence-electron chi connectivity index (χ3n) is 3.10. The number of hydrogen-bond acceptors (Lipinski definition) is 2. The Kier molecular flexibility index (Phi) is 10.3. The van der Waals surface area contributed by atoms with Crippen molar-refractivity contribution in [2.75, 3.05) is 0 Å². The summed E-state index contributed by atoms with van der Waals surface area (Å²) in [4.78, 5) is 0. The summed E-state index contributed by atoms with van der Waals surface area (Å²) in [6.07, 6.45) is 10.8. The average Bonchev–Trinajstić information content (AvgIpc) is 2.31. The summed E-state index contributed by atoms with van der Waals surface area (Å²) < 4.78 is 0. The molecule has 0 bridgehead atoms. The molecule has 0 heterocycles. The van der Waals surface area contributed by atoms with Crippen LogP contribution in [-0.2, 0) is 0 Å². The number of unbranched alkanes of at least 4 members (excludes halogenated alkanes) is 5. The molecule has 0 aromatic carbocycles. The summed E-state index contributed by atoms with van der Waals surface area (Å²) in [7, 11) is 0. The standard InChI is InChI=1S/C13H28N2O/c1-3-5-7-8-9-11-12(10-6-4-2)13(14)15-16/h12,16H,3-11H2,1-2H3,(H2,14,15). The van der Waals surface area contributed by atoms with E-state index in [4.69, 9.17) is 10.9 Å². The zero-order valence-corrected chi connectivity index (χ0v) is 10.9. The van der Waals surface area contributed by atoms with Gasteiger partial charge < -0.3 is 10.9 Å². The fourth-order valence-corrected chi connectivity index (χ4v) is 1.97. The molecule has 0 rings (SSSR count). The Morgan fingerprint density at radius 3 is 2.12 bits per heavy atom. The van der Waals surface area contributed by atoms with Gasteiger partial charge in [-0.05, 0) is 12.8 Å². The van der Waals surface area contributed by atoms with E-state index >= 15 is 0 Å². The Bertz CT molecular complexity index is 181. The minimum absolute atomic E-state index is 0.284. The fraction of sp³-hybridized carbons (Fsp3) is 0.923. The van der Waals surface area contributed by atoms with Crippen molar-refractivity contribution >= 4 is 5.84 Å². The first-order valence-electron chi connectivity index (χ1n) is 6.73. The maximum Gasteiger partial charge on any atom is 0.142 e. The van der Waals surface area contributed by atoms with Crippen LogP contribution in [0.3, 0.4) is 0 Å². The lowest BCUT2D eigenvalue weighted by molar-refractivity contribution is 0.311. The largest absolute Gasteiger partial charge is 0.409 e. The van der Waals surface area contributed by atoms with Crippen molar-refractivity contribution in [1.82, 2.24) is 0 Å². The first kappa shape index (κ1) is 15.3. The van der Waals surface area contributed by atoms with Crippen molar-refractivity contribution in [2.45, 2.75) is 71.6 Å². The number of nitrogens with two attached hydrogens (primary N) is 1. The quantitative estimate of drug-likeness (QED) is 0.196. The van der Waals surface area contributed by atoms with Crippen molar-refractivity contribution in [1.29, 1.82) is 0 Å². The monoisotopic (exact) mass is 228 g/mol. The van der Waals surface area contributed by atoms with Gasteiger partial charge in [0.05, 0.1) is 0 Å². The van der Waals surface area contributed by atoms with Crippen molar-refractivity contribution in [2.24, 2.45) is 16.8 Å². The first-order valence-corrected chi connectivity index (χ1v) is 6.73. The molecule has 0 spiro atoms. The van der Waals surface area contributed by atoms with Gasteiger partial charge in [0.25, 0.3) is 0 Å². The highest BCUT2D eigenvalue weighted by molar-refractivity contribution is 5.82. The number of hydrogen-bond donors (Lipinski definition) is 2. The van der Waals surface area contributed by atoms with Crippen LogP contribution in [0.15, 0.2) is 5.16 Å². The predicted molar refractivity (Wildman–Crippen MR) is 69.8 cm³/mol. The Morgan fingerprint density at radius 1 is 1.00 bits per heavy atom. The van der Waals surface area contributed by atoms with Crippen LogP contribution in [0.25, 0.3) is 0 Å². The number of rotatable bonds is 10. The maximum absolute atomic E-state index is 8.71. The van der Waals surface area contributed by atoms with Crippen LogP contribution in [-0.4, -0.2) is 11.0 Å². The minimum atomic E-state index is 0.284. The molecule has 96 valence electrons. The second-order valence-corrected chi connectivity index (χ2v) is 4.57. The molecular weight excluding hydrogens is 200 g/mol. The molecule has 3 N–H and O–H groups in total. The summed E-state index contributed by atoms with van der Waals surface area (Å²) in [5.74, 6) is 0.704. The molecule has 3 nitrogen and oxygen atoms in total. The van der Waals surface area contributed by atoms with Gasteiger partial charge in [-0.25, -0.2) is 0 Å². The van der Waals surface area contributed by atoms with Crippen LogP contribution < -0.4 is 5.73 Å². The summed E-state index contributed by atoms with van der Waals surface area (Å²) in [6, 6.07) is 0.